The molecule has 3 heterocycles. The van der Waals surface area contributed by atoms with Crippen molar-refractivity contribution in [2.75, 3.05) is 13.7 Å². The first-order valence-electron chi connectivity index (χ1n) is 19.6. The lowest BCUT2D eigenvalue weighted by Crippen LogP contribution is -2.66. The molecule has 4 amide bonds. The van der Waals surface area contributed by atoms with E-state index in [2.05, 4.69) is 15.0 Å². The molecule has 2 saturated carbocycles. The van der Waals surface area contributed by atoms with Gasteiger partial charge in [0.15, 0.2) is 0 Å². The minimum atomic E-state index is -5.09. The fourth-order valence-corrected chi connectivity index (χ4v) is 9.58. The Balaban J connectivity index is 1.45. The van der Waals surface area contributed by atoms with E-state index in [4.69, 9.17) is 9.47 Å². The molecule has 318 valence electrons. The van der Waals surface area contributed by atoms with Gasteiger partial charge in [0.05, 0.1) is 18.4 Å². The van der Waals surface area contributed by atoms with E-state index in [1.165, 1.54) is 14.0 Å². The van der Waals surface area contributed by atoms with Gasteiger partial charge in [0, 0.05) is 23.8 Å². The maximum Gasteiger partial charge on any atom is 0.411 e. The number of alkyl halides is 3. The van der Waals surface area contributed by atoms with E-state index >= 15 is 4.79 Å². The second-order valence-electron chi connectivity index (χ2n) is 17.0. The number of nitrogens with one attached hydrogen (secondary N) is 2. The third-order valence-electron chi connectivity index (χ3n) is 12.5. The zero-order chi connectivity index (χ0) is 42.6. The maximum atomic E-state index is 15.1. The molecule has 6 rings (SSSR count). The molecule has 0 unspecified atom stereocenters. The predicted octanol–water partition coefficient (Wildman–Crippen LogP) is 5.56. The summed E-state index contributed by atoms with van der Waals surface area (Å²) in [5.74, 6) is -4.24. The number of carboxylic acid groups (broad SMARTS) is 1. The van der Waals surface area contributed by atoms with Crippen LogP contribution in [0, 0.1) is 17.8 Å². The first-order valence-corrected chi connectivity index (χ1v) is 21.1. The van der Waals surface area contributed by atoms with Gasteiger partial charge in [-0.3, -0.25) is 24.0 Å². The van der Waals surface area contributed by atoms with E-state index < -0.39 is 85.9 Å². The molecule has 3 fully saturated rings. The molecule has 14 nitrogen and oxygen atoms in total. The summed E-state index contributed by atoms with van der Waals surface area (Å²) in [6.45, 7) is 6.11. The number of benzene rings is 1. The van der Waals surface area contributed by atoms with Crippen molar-refractivity contribution >= 4 is 44.6 Å². The lowest BCUT2D eigenvalue weighted by Gasteiger charge is -2.46. The normalized spacial score (nSPS) is 28.9. The van der Waals surface area contributed by atoms with Crippen LogP contribution in [0.15, 0.2) is 42.5 Å². The molecule has 2 aliphatic carbocycles. The Morgan fingerprint density at radius 3 is 2.47 bits per heavy atom. The molecule has 58 heavy (non-hydrogen) atoms. The highest BCUT2D eigenvalue weighted by Crippen LogP contribution is 2.48. The summed E-state index contributed by atoms with van der Waals surface area (Å²) in [6.07, 6.45) is -2.65. The monoisotopic (exact) mass is 835 g/mol. The number of hydrogen-bond donors (Lipinski definition) is 3. The summed E-state index contributed by atoms with van der Waals surface area (Å²) in [7, 11) is -2.70. The van der Waals surface area contributed by atoms with Crippen molar-refractivity contribution in [3.8, 4) is 11.8 Å². The number of fused-ring (bicyclic) bond motifs is 3. The molecule has 2 aliphatic heterocycles. The van der Waals surface area contributed by atoms with Gasteiger partial charge in [0.2, 0.25) is 33.6 Å². The number of pyridine rings is 1. The Morgan fingerprint density at radius 2 is 1.84 bits per heavy atom. The number of carbonyl (C=O) groups is 4. The Hall–Kier alpha value is -4.61. The molecular formula is C40H52F3N5O9S. The number of halogens is 3. The lowest BCUT2D eigenvalue weighted by atomic mass is 9.82. The van der Waals surface area contributed by atoms with E-state index in [0.717, 1.165) is 4.90 Å². The van der Waals surface area contributed by atoms with Crippen molar-refractivity contribution in [1.82, 2.24) is 24.8 Å². The Morgan fingerprint density at radius 1 is 1.16 bits per heavy atom. The number of carbonyl (C=O) groups excluding carboxylic acids is 3. The summed E-state index contributed by atoms with van der Waals surface area (Å²) in [4.78, 5) is 62.4. The van der Waals surface area contributed by atoms with Crippen LogP contribution in [0.25, 0.3) is 10.8 Å². The summed E-state index contributed by atoms with van der Waals surface area (Å²) >= 11 is 0. The number of hydrogen-bond acceptors (Lipinski definition) is 9. The SMILES string of the molecule is CC[C@@H]1C[C@H](C)CCC=C[C@@H]2C[C@@]2(C(=O)NS(=O)(=O)C2(C)CC2)NC(=O)[C@@H]2C[C@@H](Oc3nc(OC)cc4ccccc34)CN2C(=O)[C@H]1N(C(=O)O)C(C)(C)C(F)(F)F. The van der Waals surface area contributed by atoms with Crippen LogP contribution in [0.2, 0.25) is 0 Å². The fourth-order valence-electron chi connectivity index (χ4n) is 8.27. The smallest absolute Gasteiger partial charge is 0.411 e. The van der Waals surface area contributed by atoms with Crippen LogP contribution in [0.4, 0.5) is 18.0 Å². The summed E-state index contributed by atoms with van der Waals surface area (Å²) < 4.78 is 83.6. The predicted molar refractivity (Wildman–Crippen MR) is 206 cm³/mol. The van der Waals surface area contributed by atoms with Crippen LogP contribution in [-0.2, 0) is 24.4 Å². The molecule has 1 aromatic carbocycles. The number of nitrogens with zero attached hydrogens (tertiary/aromatic N) is 3. The third kappa shape index (κ3) is 8.04. The van der Waals surface area contributed by atoms with Crippen molar-refractivity contribution in [3.63, 3.8) is 0 Å². The van der Waals surface area contributed by atoms with Crippen molar-refractivity contribution in [3.05, 3.63) is 42.5 Å². The Kier molecular flexibility index (Phi) is 11.5. The molecule has 1 saturated heterocycles. The van der Waals surface area contributed by atoms with Crippen molar-refractivity contribution < 1.29 is 55.3 Å². The maximum absolute atomic E-state index is 15.1. The van der Waals surface area contributed by atoms with E-state index in [1.807, 2.05) is 13.0 Å². The van der Waals surface area contributed by atoms with Crippen molar-refractivity contribution in [1.29, 1.82) is 0 Å². The number of amides is 4. The average Bonchev–Trinajstić information content (AvgIpc) is 4.03. The second-order valence-corrected chi connectivity index (χ2v) is 19.2. The zero-order valence-electron chi connectivity index (χ0n) is 33.5. The van der Waals surface area contributed by atoms with Crippen LogP contribution < -0.4 is 19.5 Å². The molecule has 0 spiro atoms. The molecule has 3 N–H and O–H groups in total. The first-order chi connectivity index (χ1) is 27.1. The summed E-state index contributed by atoms with van der Waals surface area (Å²) in [5, 5.41) is 14.6. The molecule has 4 aliphatic rings. The zero-order valence-corrected chi connectivity index (χ0v) is 34.3. The van der Waals surface area contributed by atoms with Gasteiger partial charge >= 0.3 is 12.3 Å². The summed E-state index contributed by atoms with van der Waals surface area (Å²) in [5.41, 5.74) is -4.75. The van der Waals surface area contributed by atoms with Gasteiger partial charge in [0.25, 0.3) is 5.91 Å². The highest BCUT2D eigenvalue weighted by Gasteiger charge is 2.64. The minimum absolute atomic E-state index is 0.0519. The highest BCUT2D eigenvalue weighted by atomic mass is 32.2. The number of methoxy groups -OCH3 is 1. The van der Waals surface area contributed by atoms with Crippen LogP contribution in [0.1, 0.15) is 86.0 Å². The van der Waals surface area contributed by atoms with Crippen molar-refractivity contribution in [2.24, 2.45) is 17.8 Å². The number of rotatable bonds is 9. The van der Waals surface area contributed by atoms with Gasteiger partial charge in [-0.05, 0) is 82.6 Å². The van der Waals surface area contributed by atoms with Crippen LogP contribution >= 0.6 is 0 Å². The Labute approximate surface area is 335 Å². The molecule has 1 aromatic heterocycles. The molecule has 0 bridgehead atoms. The largest absolute Gasteiger partial charge is 0.481 e. The first kappa shape index (κ1) is 43.0. The van der Waals surface area contributed by atoms with Gasteiger partial charge in [0.1, 0.15) is 29.3 Å². The van der Waals surface area contributed by atoms with E-state index in [9.17, 15) is 41.1 Å². The lowest BCUT2D eigenvalue weighted by molar-refractivity contribution is -0.222. The molecule has 7 atom stereocenters. The minimum Gasteiger partial charge on any atom is -0.481 e. The number of ether oxygens (including phenoxy) is 2. The number of allylic oxidation sites excluding steroid dienone is 1. The van der Waals surface area contributed by atoms with E-state index in [-0.39, 0.29) is 54.8 Å². The second kappa shape index (κ2) is 15.5. The molecule has 18 heteroatoms. The molecule has 2 aromatic rings. The van der Waals surface area contributed by atoms with E-state index in [0.29, 0.717) is 50.3 Å². The quantitative estimate of drug-likeness (QED) is 0.271. The van der Waals surface area contributed by atoms with Crippen molar-refractivity contribution in [2.45, 2.75) is 126 Å². The van der Waals surface area contributed by atoms with Gasteiger partial charge in [-0.1, -0.05) is 50.6 Å². The van der Waals surface area contributed by atoms with Crippen LogP contribution in [-0.4, -0.2) is 106 Å². The molecule has 0 radical (unpaired) electrons. The topological polar surface area (TPSA) is 185 Å². The summed E-state index contributed by atoms with van der Waals surface area (Å²) in [6, 6.07) is 5.42. The number of aromatic nitrogens is 1. The average molecular weight is 836 g/mol. The highest BCUT2D eigenvalue weighted by molar-refractivity contribution is 7.91. The standard InChI is InChI=1S/C40H52F3N5O9S/c1-7-24-18-23(2)12-8-10-14-26-21-39(26,35(51)46-58(54,55)38(5)16-17-38)45-32(49)29-20-27(57-33-28-15-11-9-13-25(28)19-30(44-33)56-6)22-47(29)34(50)31(24)48(36(52)53)37(3,4)40(41,42)43/h9-11,13-15,19,23-24,26-27,29,31H,7-8,12,16-18,20-22H2,1-6H3,(H,45,49)(H,46,51)(H,52,53)/t23-,24-,26-,27-,29+,31+,39-/m1/s1. The van der Waals surface area contributed by atoms with Crippen LogP contribution in [0.3, 0.4) is 0 Å². The fraction of sp³-hybridized carbons (Fsp3) is 0.625. The van der Waals surface area contributed by atoms with Crippen LogP contribution in [0.5, 0.6) is 11.8 Å². The number of sulfonamides is 1. The molecular weight excluding hydrogens is 784 g/mol. The Bertz CT molecular complexity index is 2090. The third-order valence-corrected chi connectivity index (χ3v) is 14.7. The van der Waals surface area contributed by atoms with Gasteiger partial charge in [-0.25, -0.2) is 13.2 Å². The van der Waals surface area contributed by atoms with E-state index in [1.54, 1.807) is 43.3 Å². The van der Waals surface area contributed by atoms with Gasteiger partial charge in [-0.15, -0.1) is 0 Å². The van der Waals surface area contributed by atoms with Gasteiger partial charge in [-0.2, -0.15) is 18.2 Å². The van der Waals surface area contributed by atoms with Gasteiger partial charge < -0.3 is 24.8 Å².